The van der Waals surface area contributed by atoms with Crippen LogP contribution in [-0.4, -0.2) is 36.1 Å². The third-order valence-corrected chi connectivity index (χ3v) is 6.50. The highest BCUT2D eigenvalue weighted by atomic mass is 35.5. The molecule has 4 aromatic rings. The standard InChI is InChI=1S/C22H18Cl2N4S/c23-16-7-4-8-17(13-16)27-9-11-28(12-10-27)20-19-18(15-5-2-1-3-6-15)14-29-21(19)26-22(24)25-20/h1-8,13-14H,9-12H2. The van der Waals surface area contributed by atoms with Gasteiger partial charge >= 0.3 is 0 Å². The Morgan fingerprint density at radius 3 is 2.34 bits per heavy atom. The molecule has 0 bridgehead atoms. The molecule has 0 aliphatic carbocycles. The first kappa shape index (κ1) is 18.7. The molecule has 0 saturated carbocycles. The van der Waals surface area contributed by atoms with Crippen LogP contribution in [0.1, 0.15) is 0 Å². The number of hydrogen-bond donors (Lipinski definition) is 0. The van der Waals surface area contributed by atoms with Crippen LogP contribution in [0.15, 0.2) is 60.0 Å². The third kappa shape index (κ3) is 3.66. The molecule has 2 aromatic carbocycles. The van der Waals surface area contributed by atoms with E-state index in [0.29, 0.717) is 5.28 Å². The highest BCUT2D eigenvalue weighted by Crippen LogP contribution is 2.39. The van der Waals surface area contributed by atoms with Crippen molar-refractivity contribution in [3.8, 4) is 11.1 Å². The number of piperazine rings is 1. The lowest BCUT2D eigenvalue weighted by molar-refractivity contribution is 0.649. The zero-order chi connectivity index (χ0) is 19.8. The van der Waals surface area contributed by atoms with E-state index in [4.69, 9.17) is 23.2 Å². The maximum Gasteiger partial charge on any atom is 0.225 e. The topological polar surface area (TPSA) is 32.3 Å². The van der Waals surface area contributed by atoms with E-state index in [0.717, 1.165) is 58.5 Å². The molecule has 146 valence electrons. The quantitative estimate of drug-likeness (QED) is 0.366. The van der Waals surface area contributed by atoms with Gasteiger partial charge in [-0.25, -0.2) is 4.98 Å². The first-order chi connectivity index (χ1) is 14.2. The zero-order valence-corrected chi connectivity index (χ0v) is 17.9. The monoisotopic (exact) mass is 440 g/mol. The average Bonchev–Trinajstić information content (AvgIpc) is 3.18. The normalized spacial score (nSPS) is 14.6. The van der Waals surface area contributed by atoms with Gasteiger partial charge in [0.25, 0.3) is 0 Å². The van der Waals surface area contributed by atoms with Gasteiger partial charge in [-0.1, -0.05) is 48.0 Å². The lowest BCUT2D eigenvalue weighted by atomic mass is 10.1. The summed E-state index contributed by atoms with van der Waals surface area (Å²) in [5, 5.41) is 4.30. The summed E-state index contributed by atoms with van der Waals surface area (Å²) >= 11 is 14.1. The summed E-state index contributed by atoms with van der Waals surface area (Å²) in [4.78, 5) is 14.7. The van der Waals surface area contributed by atoms with Gasteiger partial charge in [0.1, 0.15) is 10.6 Å². The molecule has 2 aromatic heterocycles. The first-order valence-electron chi connectivity index (χ1n) is 9.45. The molecular formula is C22H18Cl2N4S. The first-order valence-corrected chi connectivity index (χ1v) is 11.1. The van der Waals surface area contributed by atoms with Gasteiger partial charge in [-0.2, -0.15) is 4.98 Å². The maximum atomic E-state index is 6.27. The molecule has 29 heavy (non-hydrogen) atoms. The summed E-state index contributed by atoms with van der Waals surface area (Å²) in [7, 11) is 0. The summed E-state index contributed by atoms with van der Waals surface area (Å²) in [5.41, 5.74) is 3.49. The van der Waals surface area contributed by atoms with Crippen molar-refractivity contribution < 1.29 is 0 Å². The number of fused-ring (bicyclic) bond motifs is 1. The molecular weight excluding hydrogens is 423 g/mol. The van der Waals surface area contributed by atoms with Crippen LogP contribution in [0.2, 0.25) is 10.3 Å². The predicted octanol–water partition coefficient (Wildman–Crippen LogP) is 5.99. The molecule has 5 rings (SSSR count). The second kappa shape index (κ2) is 7.82. The van der Waals surface area contributed by atoms with Gasteiger partial charge in [0.15, 0.2) is 0 Å². The van der Waals surface area contributed by atoms with Crippen LogP contribution >= 0.6 is 34.5 Å². The Kier molecular flexibility index (Phi) is 5.04. The van der Waals surface area contributed by atoms with Crippen LogP contribution in [0.3, 0.4) is 0 Å². The van der Waals surface area contributed by atoms with E-state index >= 15 is 0 Å². The van der Waals surface area contributed by atoms with E-state index in [9.17, 15) is 0 Å². The van der Waals surface area contributed by atoms with E-state index in [1.54, 1.807) is 11.3 Å². The molecule has 0 amide bonds. The summed E-state index contributed by atoms with van der Waals surface area (Å²) in [6.07, 6.45) is 0. The van der Waals surface area contributed by atoms with Crippen LogP contribution < -0.4 is 9.80 Å². The fourth-order valence-corrected chi connectivity index (χ4v) is 5.15. The van der Waals surface area contributed by atoms with Crippen molar-refractivity contribution in [2.75, 3.05) is 36.0 Å². The largest absolute Gasteiger partial charge is 0.368 e. The Hall–Kier alpha value is -2.34. The van der Waals surface area contributed by atoms with Crippen LogP contribution in [-0.2, 0) is 0 Å². The second-order valence-electron chi connectivity index (χ2n) is 6.97. The van der Waals surface area contributed by atoms with Crippen LogP contribution in [0.5, 0.6) is 0 Å². The summed E-state index contributed by atoms with van der Waals surface area (Å²) in [6.45, 7) is 3.51. The minimum Gasteiger partial charge on any atom is -0.368 e. The van der Waals surface area contributed by atoms with Gasteiger partial charge in [-0.15, -0.1) is 11.3 Å². The summed E-state index contributed by atoms with van der Waals surface area (Å²) < 4.78 is 0. The molecule has 1 saturated heterocycles. The highest BCUT2D eigenvalue weighted by Gasteiger charge is 2.23. The van der Waals surface area contributed by atoms with Crippen molar-refractivity contribution in [2.24, 2.45) is 0 Å². The van der Waals surface area contributed by atoms with Crippen LogP contribution in [0.4, 0.5) is 11.5 Å². The Labute approximate surface area is 183 Å². The highest BCUT2D eigenvalue weighted by molar-refractivity contribution is 7.17. The SMILES string of the molecule is Clc1cccc(N2CCN(c3nc(Cl)nc4scc(-c5ccccc5)c34)CC2)c1. The van der Waals surface area contributed by atoms with Crippen LogP contribution in [0.25, 0.3) is 21.3 Å². The van der Waals surface area contributed by atoms with E-state index in [2.05, 4.69) is 55.5 Å². The Balaban J connectivity index is 1.48. The van der Waals surface area contributed by atoms with Crippen molar-refractivity contribution in [1.82, 2.24) is 9.97 Å². The van der Waals surface area contributed by atoms with E-state index in [-0.39, 0.29) is 0 Å². The van der Waals surface area contributed by atoms with Crippen molar-refractivity contribution in [1.29, 1.82) is 0 Å². The van der Waals surface area contributed by atoms with E-state index in [1.165, 1.54) is 5.56 Å². The molecule has 0 radical (unpaired) electrons. The number of anilines is 2. The minimum absolute atomic E-state index is 0.297. The molecule has 1 aliphatic heterocycles. The Morgan fingerprint density at radius 2 is 1.59 bits per heavy atom. The predicted molar refractivity (Wildman–Crippen MR) is 124 cm³/mol. The van der Waals surface area contributed by atoms with Gasteiger partial charge in [-0.05, 0) is 35.4 Å². The molecule has 0 unspecified atom stereocenters. The number of rotatable bonds is 3. The smallest absolute Gasteiger partial charge is 0.225 e. The number of halogens is 2. The van der Waals surface area contributed by atoms with Gasteiger partial charge in [-0.3, -0.25) is 0 Å². The van der Waals surface area contributed by atoms with Crippen molar-refractivity contribution in [3.05, 3.63) is 70.3 Å². The number of hydrogen-bond acceptors (Lipinski definition) is 5. The molecule has 7 heteroatoms. The number of nitrogens with zero attached hydrogens (tertiary/aromatic N) is 4. The minimum atomic E-state index is 0.297. The second-order valence-corrected chi connectivity index (χ2v) is 8.60. The molecule has 4 nitrogen and oxygen atoms in total. The van der Waals surface area contributed by atoms with Gasteiger partial charge < -0.3 is 9.80 Å². The maximum absolute atomic E-state index is 6.27. The molecule has 0 atom stereocenters. The lowest BCUT2D eigenvalue weighted by Gasteiger charge is -2.37. The Bertz CT molecular complexity index is 1150. The van der Waals surface area contributed by atoms with Crippen molar-refractivity contribution in [2.45, 2.75) is 0 Å². The van der Waals surface area contributed by atoms with Crippen molar-refractivity contribution >= 4 is 56.3 Å². The van der Waals surface area contributed by atoms with E-state index in [1.807, 2.05) is 24.3 Å². The molecule has 3 heterocycles. The number of thiophene rings is 1. The number of benzene rings is 2. The molecule has 1 fully saturated rings. The zero-order valence-electron chi connectivity index (χ0n) is 15.6. The molecule has 1 aliphatic rings. The van der Waals surface area contributed by atoms with Gasteiger partial charge in [0, 0.05) is 47.8 Å². The van der Waals surface area contributed by atoms with Crippen molar-refractivity contribution in [3.63, 3.8) is 0 Å². The third-order valence-electron chi connectivity index (χ3n) is 5.22. The van der Waals surface area contributed by atoms with Gasteiger partial charge in [0.2, 0.25) is 5.28 Å². The summed E-state index contributed by atoms with van der Waals surface area (Å²) in [5.74, 6) is 0.922. The Morgan fingerprint density at radius 1 is 0.828 bits per heavy atom. The molecule has 0 spiro atoms. The summed E-state index contributed by atoms with van der Waals surface area (Å²) in [6, 6.07) is 18.4. The van der Waals surface area contributed by atoms with Crippen LogP contribution in [0, 0.1) is 0 Å². The average molecular weight is 441 g/mol. The van der Waals surface area contributed by atoms with E-state index < -0.39 is 0 Å². The lowest BCUT2D eigenvalue weighted by Crippen LogP contribution is -2.47. The fraction of sp³-hybridized carbons (Fsp3) is 0.182. The van der Waals surface area contributed by atoms with Gasteiger partial charge in [0.05, 0.1) is 5.39 Å². The fourth-order valence-electron chi connectivity index (χ4n) is 3.81. The molecule has 0 N–H and O–H groups in total. The number of aromatic nitrogens is 2.